The summed E-state index contributed by atoms with van der Waals surface area (Å²) in [6, 6.07) is 6.87. The minimum Gasteiger partial charge on any atom is -0.449 e. The van der Waals surface area contributed by atoms with Crippen LogP contribution >= 0.6 is 22.6 Å². The molecule has 9 heteroatoms. The number of nitrogens with zero attached hydrogens (tertiary/aromatic N) is 1. The Morgan fingerprint density at radius 3 is 2.85 bits per heavy atom. The van der Waals surface area contributed by atoms with Crippen LogP contribution in [0.3, 0.4) is 0 Å². The third-order valence-electron chi connectivity index (χ3n) is 3.73. The number of carboxylic acid groups (broad SMARTS) is 1. The summed E-state index contributed by atoms with van der Waals surface area (Å²) in [5.74, 6) is -0.513. The first-order valence-electron chi connectivity index (χ1n) is 7.65. The summed E-state index contributed by atoms with van der Waals surface area (Å²) in [5.41, 5.74) is 1.70. The molecule has 0 amide bonds. The lowest BCUT2D eigenvalue weighted by molar-refractivity contribution is 0.144. The van der Waals surface area contributed by atoms with E-state index in [0.29, 0.717) is 11.5 Å². The minimum atomic E-state index is -1.56. The Labute approximate surface area is 161 Å². The summed E-state index contributed by atoms with van der Waals surface area (Å²) in [5, 5.41) is 20.9. The van der Waals surface area contributed by atoms with Crippen LogP contribution in [0, 0.1) is 16.3 Å². The molecule has 0 fully saturated rings. The molecule has 0 unspecified atom stereocenters. The quantitative estimate of drug-likeness (QED) is 0.255. The van der Waals surface area contributed by atoms with E-state index < -0.39 is 12.0 Å². The van der Waals surface area contributed by atoms with Crippen molar-refractivity contribution >= 4 is 51.2 Å². The first kappa shape index (κ1) is 18.4. The number of carbonyl (C=O) groups is 1. The Bertz CT molecular complexity index is 990. The lowest BCUT2D eigenvalue weighted by Crippen LogP contribution is -2.07. The molecule has 3 rings (SSSR count). The zero-order valence-electron chi connectivity index (χ0n) is 13.6. The molecule has 26 heavy (non-hydrogen) atoms. The lowest BCUT2D eigenvalue weighted by atomic mass is 10.1. The number of aromatic amines is 1. The fraction of sp³-hybridized carbons (Fsp3) is 0.176. The number of hydrogen-bond donors (Lipinski definition) is 4. The summed E-state index contributed by atoms with van der Waals surface area (Å²) in [6.07, 6.45) is -1.33. The maximum absolute atomic E-state index is 15.1. The number of imidazole rings is 1. The average Bonchev–Trinajstić information content (AvgIpc) is 2.95. The highest BCUT2D eigenvalue weighted by Gasteiger charge is 2.20. The van der Waals surface area contributed by atoms with Gasteiger partial charge in [0.15, 0.2) is 11.6 Å². The normalized spacial score (nSPS) is 10.9. The Balaban J connectivity index is 2.13. The highest BCUT2D eigenvalue weighted by atomic mass is 127. The number of nitrogens with one attached hydrogen (secondary N) is 2. The highest BCUT2D eigenvalue weighted by Crippen LogP contribution is 2.36. The molecule has 0 bridgehead atoms. The Morgan fingerprint density at radius 1 is 1.42 bits per heavy atom. The van der Waals surface area contributed by atoms with E-state index in [1.54, 1.807) is 6.07 Å². The summed E-state index contributed by atoms with van der Waals surface area (Å²) < 4.78 is 20.8. The summed E-state index contributed by atoms with van der Waals surface area (Å²) >= 11 is 2.17. The van der Waals surface area contributed by atoms with Gasteiger partial charge in [0.1, 0.15) is 17.0 Å². The van der Waals surface area contributed by atoms with Gasteiger partial charge >= 0.3 is 6.16 Å². The monoisotopic (exact) mass is 471 g/mol. The van der Waals surface area contributed by atoms with Crippen LogP contribution in [0.2, 0.25) is 0 Å². The summed E-state index contributed by atoms with van der Waals surface area (Å²) in [7, 11) is 0. The molecule has 3 aromatic rings. The zero-order chi connectivity index (χ0) is 18.8. The second-order valence-corrected chi connectivity index (χ2v) is 6.81. The van der Waals surface area contributed by atoms with Crippen LogP contribution in [0.15, 0.2) is 24.3 Å². The lowest BCUT2D eigenvalue weighted by Gasteiger charge is -2.14. The molecule has 0 aliphatic carbocycles. The predicted octanol–water partition coefficient (Wildman–Crippen LogP) is 3.95. The standard InChI is InChI=1S/C17H15FIN3O4/c1-8-6-9(19)2-3-10(8)21-16-12(26-17(24)25)7-11-15(14(16)18)22-13(20-11)4-5-23/h2-3,6-7,21,23H,4-5H2,1H3,(H,20,22)(H,24,25). The van der Waals surface area contributed by atoms with Crippen LogP contribution in [-0.4, -0.2) is 32.9 Å². The molecule has 1 heterocycles. The molecule has 4 N–H and O–H groups in total. The van der Waals surface area contributed by atoms with Crippen molar-refractivity contribution in [3.8, 4) is 5.75 Å². The molecule has 0 atom stereocenters. The molecular formula is C17H15FIN3O4. The van der Waals surface area contributed by atoms with Crippen molar-refractivity contribution in [2.45, 2.75) is 13.3 Å². The van der Waals surface area contributed by atoms with Crippen LogP contribution in [-0.2, 0) is 6.42 Å². The predicted molar refractivity (Wildman–Crippen MR) is 103 cm³/mol. The molecule has 0 saturated heterocycles. The van der Waals surface area contributed by atoms with Gasteiger partial charge in [-0.3, -0.25) is 0 Å². The van der Waals surface area contributed by atoms with E-state index in [2.05, 4.69) is 37.9 Å². The number of fused-ring (bicyclic) bond motifs is 1. The van der Waals surface area contributed by atoms with Crippen molar-refractivity contribution in [3.05, 3.63) is 45.0 Å². The number of aryl methyl sites for hydroxylation is 1. The number of ether oxygens (including phenoxy) is 1. The third kappa shape index (κ3) is 3.73. The highest BCUT2D eigenvalue weighted by molar-refractivity contribution is 14.1. The van der Waals surface area contributed by atoms with Gasteiger partial charge in [0.25, 0.3) is 0 Å². The number of benzene rings is 2. The number of aliphatic hydroxyl groups excluding tert-OH is 1. The largest absolute Gasteiger partial charge is 0.511 e. The van der Waals surface area contributed by atoms with E-state index in [4.69, 9.17) is 14.9 Å². The third-order valence-corrected chi connectivity index (χ3v) is 4.40. The van der Waals surface area contributed by atoms with Gasteiger partial charge in [-0.1, -0.05) is 0 Å². The molecule has 2 aromatic carbocycles. The smallest absolute Gasteiger partial charge is 0.449 e. The minimum absolute atomic E-state index is 0.108. The van der Waals surface area contributed by atoms with Crippen molar-refractivity contribution in [2.75, 3.05) is 11.9 Å². The molecule has 1 aromatic heterocycles. The molecule has 7 nitrogen and oxygen atoms in total. The number of anilines is 2. The van der Waals surface area contributed by atoms with E-state index in [1.807, 2.05) is 19.1 Å². The van der Waals surface area contributed by atoms with Crippen LogP contribution < -0.4 is 10.1 Å². The van der Waals surface area contributed by atoms with E-state index in [-0.39, 0.29) is 35.5 Å². The van der Waals surface area contributed by atoms with E-state index >= 15 is 4.39 Å². The second kappa shape index (κ2) is 7.46. The van der Waals surface area contributed by atoms with Crippen LogP contribution in [0.4, 0.5) is 20.6 Å². The first-order valence-corrected chi connectivity index (χ1v) is 8.73. The van der Waals surface area contributed by atoms with Crippen molar-refractivity contribution in [2.24, 2.45) is 0 Å². The van der Waals surface area contributed by atoms with Gasteiger partial charge in [-0.25, -0.2) is 14.2 Å². The fourth-order valence-electron chi connectivity index (χ4n) is 2.56. The average molecular weight is 471 g/mol. The van der Waals surface area contributed by atoms with Gasteiger partial charge in [-0.15, -0.1) is 0 Å². The number of aromatic nitrogens is 2. The van der Waals surface area contributed by atoms with Crippen LogP contribution in [0.25, 0.3) is 11.0 Å². The SMILES string of the molecule is Cc1cc(I)ccc1Nc1c(OC(=O)O)cc2nc(CCO)[nH]c2c1F. The Kier molecular flexibility index (Phi) is 5.28. The molecule has 0 saturated carbocycles. The van der Waals surface area contributed by atoms with Crippen molar-refractivity contribution in [3.63, 3.8) is 0 Å². The molecule has 136 valence electrons. The number of halogens is 2. The maximum atomic E-state index is 15.1. The van der Waals surface area contributed by atoms with E-state index in [0.717, 1.165) is 9.13 Å². The van der Waals surface area contributed by atoms with Gasteiger partial charge in [0.05, 0.1) is 12.1 Å². The van der Waals surface area contributed by atoms with E-state index in [9.17, 15) is 4.79 Å². The first-order chi connectivity index (χ1) is 12.4. The Morgan fingerprint density at radius 2 is 2.19 bits per heavy atom. The van der Waals surface area contributed by atoms with Gasteiger partial charge in [0.2, 0.25) is 0 Å². The number of rotatable bonds is 5. The summed E-state index contributed by atoms with van der Waals surface area (Å²) in [6.45, 7) is 1.71. The molecule has 0 spiro atoms. The topological polar surface area (TPSA) is 107 Å². The fourth-order valence-corrected chi connectivity index (χ4v) is 3.20. The van der Waals surface area contributed by atoms with E-state index in [1.165, 1.54) is 6.07 Å². The van der Waals surface area contributed by atoms with Crippen molar-refractivity contribution < 1.29 is 24.1 Å². The number of H-pyrrole nitrogens is 1. The molecular weight excluding hydrogens is 456 g/mol. The van der Waals surface area contributed by atoms with Crippen molar-refractivity contribution in [1.82, 2.24) is 9.97 Å². The maximum Gasteiger partial charge on any atom is 0.511 e. The van der Waals surface area contributed by atoms with Gasteiger partial charge in [-0.05, 0) is 53.3 Å². The van der Waals surface area contributed by atoms with Crippen LogP contribution in [0.5, 0.6) is 5.75 Å². The Hall–Kier alpha value is -2.40. The second-order valence-electron chi connectivity index (χ2n) is 5.57. The van der Waals surface area contributed by atoms with Crippen molar-refractivity contribution in [1.29, 1.82) is 0 Å². The van der Waals surface area contributed by atoms with Gasteiger partial charge in [-0.2, -0.15) is 0 Å². The summed E-state index contributed by atoms with van der Waals surface area (Å²) in [4.78, 5) is 18.0. The van der Waals surface area contributed by atoms with Gasteiger partial charge < -0.3 is 25.3 Å². The molecule has 0 aliphatic heterocycles. The molecule has 0 aliphatic rings. The molecule has 0 radical (unpaired) electrons. The van der Waals surface area contributed by atoms with Crippen LogP contribution in [0.1, 0.15) is 11.4 Å². The number of hydrogen-bond acceptors (Lipinski definition) is 5. The number of aliphatic hydroxyl groups is 1. The zero-order valence-corrected chi connectivity index (χ0v) is 15.8. The van der Waals surface area contributed by atoms with Gasteiger partial charge in [0, 0.05) is 21.7 Å².